The molecule has 0 heterocycles. The highest BCUT2D eigenvalue weighted by Gasteiger charge is 2.19. The summed E-state index contributed by atoms with van der Waals surface area (Å²) < 4.78 is 16.0. The summed E-state index contributed by atoms with van der Waals surface area (Å²) in [5.74, 6) is 0.101. The summed E-state index contributed by atoms with van der Waals surface area (Å²) in [6, 6.07) is 2.96. The van der Waals surface area contributed by atoms with Crippen LogP contribution in [0.4, 0.5) is 0 Å². The molecular formula is C18H26ClNO5. The highest BCUT2D eigenvalue weighted by atomic mass is 35.5. The molecule has 0 aliphatic carbocycles. The molecule has 0 bridgehead atoms. The molecule has 0 radical (unpaired) electrons. The molecule has 1 aromatic carbocycles. The van der Waals surface area contributed by atoms with Gasteiger partial charge < -0.3 is 19.1 Å². The molecule has 6 nitrogen and oxygen atoms in total. The van der Waals surface area contributed by atoms with Crippen molar-refractivity contribution >= 4 is 23.5 Å². The Balaban J connectivity index is 2.86. The Bertz CT molecular complexity index is 616. The number of amides is 1. The Morgan fingerprint density at radius 3 is 2.36 bits per heavy atom. The number of esters is 1. The number of halogens is 1. The van der Waals surface area contributed by atoms with Crippen molar-refractivity contribution in [3.05, 3.63) is 22.7 Å². The van der Waals surface area contributed by atoms with Gasteiger partial charge >= 0.3 is 5.97 Å². The van der Waals surface area contributed by atoms with Crippen LogP contribution in [0.15, 0.2) is 12.1 Å². The minimum Gasteiger partial charge on any atom is -0.493 e. The molecule has 0 aliphatic heterocycles. The van der Waals surface area contributed by atoms with Crippen LogP contribution in [0.1, 0.15) is 38.1 Å². The van der Waals surface area contributed by atoms with E-state index in [2.05, 4.69) is 0 Å². The number of hydrogen-bond donors (Lipinski definition) is 0. The third-order valence-corrected chi connectivity index (χ3v) is 3.80. The van der Waals surface area contributed by atoms with Gasteiger partial charge in [0.05, 0.1) is 24.3 Å². The zero-order valence-corrected chi connectivity index (χ0v) is 16.3. The van der Waals surface area contributed by atoms with Gasteiger partial charge in [-0.3, -0.25) is 4.79 Å². The first-order chi connectivity index (χ1) is 11.7. The number of carbonyl (C=O) groups excluding carboxylic acids is 2. The third kappa shape index (κ3) is 6.12. The lowest BCUT2D eigenvalue weighted by atomic mass is 10.2. The van der Waals surface area contributed by atoms with Crippen LogP contribution in [-0.2, 0) is 9.53 Å². The smallest absolute Gasteiger partial charge is 0.338 e. The van der Waals surface area contributed by atoms with E-state index in [1.54, 1.807) is 7.05 Å². The predicted octanol–water partition coefficient (Wildman–Crippen LogP) is 3.41. The van der Waals surface area contributed by atoms with E-state index >= 15 is 0 Å². The first kappa shape index (κ1) is 21.1. The van der Waals surface area contributed by atoms with Crippen molar-refractivity contribution in [3.63, 3.8) is 0 Å². The summed E-state index contributed by atoms with van der Waals surface area (Å²) in [7, 11) is 3.12. The molecule has 0 atom stereocenters. The van der Waals surface area contributed by atoms with Crippen molar-refractivity contribution in [2.75, 3.05) is 27.4 Å². The summed E-state index contributed by atoms with van der Waals surface area (Å²) in [6.07, 6.45) is 0. The van der Waals surface area contributed by atoms with E-state index in [0.717, 1.165) is 0 Å². The molecule has 1 aromatic rings. The second kappa shape index (κ2) is 9.51. The maximum absolute atomic E-state index is 12.2. The fourth-order valence-electron chi connectivity index (χ4n) is 1.83. The molecule has 140 valence electrons. The molecule has 25 heavy (non-hydrogen) atoms. The Morgan fingerprint density at radius 1 is 1.20 bits per heavy atom. The van der Waals surface area contributed by atoms with Gasteiger partial charge in [-0.05, 0) is 31.9 Å². The summed E-state index contributed by atoms with van der Waals surface area (Å²) >= 11 is 6.21. The molecule has 0 saturated carbocycles. The Morgan fingerprint density at radius 2 is 1.84 bits per heavy atom. The van der Waals surface area contributed by atoms with Gasteiger partial charge in [0.25, 0.3) is 5.91 Å². The van der Waals surface area contributed by atoms with Crippen LogP contribution in [0.2, 0.25) is 5.02 Å². The summed E-state index contributed by atoms with van der Waals surface area (Å²) in [5.41, 5.74) is 0.193. The van der Waals surface area contributed by atoms with Crippen LogP contribution < -0.4 is 9.47 Å². The van der Waals surface area contributed by atoms with Gasteiger partial charge in [0.15, 0.2) is 18.1 Å². The number of ether oxygens (including phenoxy) is 3. The zero-order valence-electron chi connectivity index (χ0n) is 15.6. The molecular weight excluding hydrogens is 346 g/mol. The predicted molar refractivity (Wildman–Crippen MR) is 96.5 cm³/mol. The van der Waals surface area contributed by atoms with Gasteiger partial charge in [-0.25, -0.2) is 4.79 Å². The number of methoxy groups -OCH3 is 1. The number of carbonyl (C=O) groups is 2. The van der Waals surface area contributed by atoms with Crippen LogP contribution in [-0.4, -0.2) is 50.2 Å². The topological polar surface area (TPSA) is 65.1 Å². The van der Waals surface area contributed by atoms with Crippen LogP contribution >= 0.6 is 11.6 Å². The van der Waals surface area contributed by atoms with Gasteiger partial charge in [-0.2, -0.15) is 0 Å². The van der Waals surface area contributed by atoms with Gasteiger partial charge in [-0.15, -0.1) is 0 Å². The molecule has 0 aliphatic rings. The lowest BCUT2D eigenvalue weighted by Crippen LogP contribution is -2.36. The van der Waals surface area contributed by atoms with Gasteiger partial charge in [0, 0.05) is 13.1 Å². The largest absolute Gasteiger partial charge is 0.493 e. The molecule has 1 rings (SSSR count). The van der Waals surface area contributed by atoms with E-state index in [4.69, 9.17) is 25.8 Å². The molecule has 0 saturated heterocycles. The van der Waals surface area contributed by atoms with Crippen LogP contribution in [0, 0.1) is 5.92 Å². The van der Waals surface area contributed by atoms with Crippen LogP contribution in [0.25, 0.3) is 0 Å². The monoisotopic (exact) mass is 371 g/mol. The fraction of sp³-hybridized carbons (Fsp3) is 0.556. The maximum atomic E-state index is 12.2. The fourth-order valence-corrected chi connectivity index (χ4v) is 2.09. The maximum Gasteiger partial charge on any atom is 0.338 e. The number of hydrogen-bond acceptors (Lipinski definition) is 5. The SMILES string of the molecule is COc1cc(C(=O)OCC(=O)N(C)C(C)C)cc(Cl)c1OCC(C)C. The van der Waals surface area contributed by atoms with Crippen molar-refractivity contribution in [3.8, 4) is 11.5 Å². The van der Waals surface area contributed by atoms with Crippen LogP contribution in [0.3, 0.4) is 0 Å². The lowest BCUT2D eigenvalue weighted by molar-refractivity contribution is -0.134. The summed E-state index contributed by atoms with van der Waals surface area (Å²) in [4.78, 5) is 25.6. The highest BCUT2D eigenvalue weighted by Crippen LogP contribution is 2.36. The van der Waals surface area contributed by atoms with Crippen molar-refractivity contribution in [1.29, 1.82) is 0 Å². The molecule has 0 spiro atoms. The number of benzene rings is 1. The average molecular weight is 372 g/mol. The molecule has 7 heteroatoms. The molecule has 0 aromatic heterocycles. The molecule has 0 unspecified atom stereocenters. The van der Waals surface area contributed by atoms with E-state index < -0.39 is 5.97 Å². The Hall–Kier alpha value is -1.95. The zero-order chi connectivity index (χ0) is 19.1. The van der Waals surface area contributed by atoms with Crippen molar-refractivity contribution in [1.82, 2.24) is 4.90 Å². The van der Waals surface area contributed by atoms with Crippen molar-refractivity contribution < 1.29 is 23.8 Å². The first-order valence-electron chi connectivity index (χ1n) is 8.10. The van der Waals surface area contributed by atoms with Gasteiger partial charge in [0.1, 0.15) is 0 Å². The highest BCUT2D eigenvalue weighted by molar-refractivity contribution is 6.32. The second-order valence-corrected chi connectivity index (χ2v) is 6.78. The van der Waals surface area contributed by atoms with Crippen molar-refractivity contribution in [2.24, 2.45) is 5.92 Å². The number of nitrogens with zero attached hydrogens (tertiary/aromatic N) is 1. The molecule has 1 amide bonds. The lowest BCUT2D eigenvalue weighted by Gasteiger charge is -2.21. The average Bonchev–Trinajstić information content (AvgIpc) is 2.56. The second-order valence-electron chi connectivity index (χ2n) is 6.37. The van der Waals surface area contributed by atoms with E-state index in [1.807, 2.05) is 27.7 Å². The van der Waals surface area contributed by atoms with Gasteiger partial charge in [-0.1, -0.05) is 25.4 Å². The standard InChI is InChI=1S/C18H26ClNO5/c1-11(2)9-24-17-14(19)7-13(8-15(17)23-6)18(22)25-10-16(21)20(5)12(3)4/h7-8,11-12H,9-10H2,1-6H3. The number of rotatable bonds is 8. The van der Waals surface area contributed by atoms with E-state index in [0.29, 0.717) is 24.0 Å². The minimum atomic E-state index is -0.652. The van der Waals surface area contributed by atoms with E-state index in [9.17, 15) is 9.59 Å². The first-order valence-corrected chi connectivity index (χ1v) is 8.48. The molecule has 0 N–H and O–H groups in total. The number of likely N-dealkylation sites (N-methyl/N-ethyl adjacent to an activating group) is 1. The van der Waals surface area contributed by atoms with Crippen molar-refractivity contribution in [2.45, 2.75) is 33.7 Å². The normalized spacial score (nSPS) is 10.8. The Kier molecular flexibility index (Phi) is 8.03. The Labute approximate surface area is 154 Å². The van der Waals surface area contributed by atoms with Crippen LogP contribution in [0.5, 0.6) is 11.5 Å². The quantitative estimate of drug-likeness (QED) is 0.655. The van der Waals surface area contributed by atoms with Gasteiger partial charge in [0.2, 0.25) is 0 Å². The third-order valence-electron chi connectivity index (χ3n) is 3.52. The summed E-state index contributed by atoms with van der Waals surface area (Å²) in [6.45, 7) is 7.91. The summed E-state index contributed by atoms with van der Waals surface area (Å²) in [5, 5.41) is 0.248. The molecule has 0 fully saturated rings. The van der Waals surface area contributed by atoms with E-state index in [-0.39, 0.29) is 29.1 Å². The minimum absolute atomic E-state index is 0.0260. The van der Waals surface area contributed by atoms with E-state index in [1.165, 1.54) is 24.1 Å².